The lowest BCUT2D eigenvalue weighted by Gasteiger charge is -2.15. The maximum Gasteiger partial charge on any atom is 0.339 e. The van der Waals surface area contributed by atoms with E-state index < -0.39 is 5.97 Å². The van der Waals surface area contributed by atoms with Crippen molar-refractivity contribution >= 4 is 28.5 Å². The van der Waals surface area contributed by atoms with Crippen LogP contribution in [-0.2, 0) is 16.0 Å². The SMILES string of the molecule is CCc1nc2ccccc2c(C(=O)OCC(=O)Nc2ccccc2C(C)C)c1C. The summed E-state index contributed by atoms with van der Waals surface area (Å²) in [6, 6.07) is 15.1. The lowest BCUT2D eigenvalue weighted by atomic mass is 10.0. The molecule has 150 valence electrons. The van der Waals surface area contributed by atoms with Gasteiger partial charge in [0.25, 0.3) is 5.91 Å². The molecule has 0 fully saturated rings. The van der Waals surface area contributed by atoms with Crippen LogP contribution in [0.15, 0.2) is 48.5 Å². The molecule has 0 bridgehead atoms. The van der Waals surface area contributed by atoms with Crippen LogP contribution in [0.5, 0.6) is 0 Å². The predicted octanol–water partition coefficient (Wildman–Crippen LogP) is 5.02. The second-order valence-corrected chi connectivity index (χ2v) is 7.30. The van der Waals surface area contributed by atoms with Gasteiger partial charge in [-0.25, -0.2) is 4.79 Å². The van der Waals surface area contributed by atoms with E-state index in [2.05, 4.69) is 24.1 Å². The molecule has 1 heterocycles. The van der Waals surface area contributed by atoms with Crippen molar-refractivity contribution < 1.29 is 14.3 Å². The highest BCUT2D eigenvalue weighted by Gasteiger charge is 2.20. The summed E-state index contributed by atoms with van der Waals surface area (Å²) in [5, 5.41) is 3.58. The van der Waals surface area contributed by atoms with Crippen molar-refractivity contribution in [3.05, 3.63) is 70.9 Å². The summed E-state index contributed by atoms with van der Waals surface area (Å²) >= 11 is 0. The largest absolute Gasteiger partial charge is 0.452 e. The Morgan fingerprint density at radius 2 is 1.76 bits per heavy atom. The van der Waals surface area contributed by atoms with Crippen molar-refractivity contribution in [1.29, 1.82) is 0 Å². The zero-order chi connectivity index (χ0) is 21.0. The average molecular weight is 390 g/mol. The number of pyridine rings is 1. The van der Waals surface area contributed by atoms with Gasteiger partial charge in [0, 0.05) is 16.8 Å². The smallest absolute Gasteiger partial charge is 0.339 e. The molecular formula is C24H26N2O3. The van der Waals surface area contributed by atoms with E-state index >= 15 is 0 Å². The number of aryl methyl sites for hydroxylation is 1. The van der Waals surface area contributed by atoms with Crippen LogP contribution >= 0.6 is 0 Å². The Balaban J connectivity index is 1.78. The summed E-state index contributed by atoms with van der Waals surface area (Å²) in [5.74, 6) is -0.603. The van der Waals surface area contributed by atoms with E-state index in [1.807, 2.05) is 62.4 Å². The maximum atomic E-state index is 12.8. The minimum atomic E-state index is -0.511. The Morgan fingerprint density at radius 1 is 1.07 bits per heavy atom. The number of hydrogen-bond donors (Lipinski definition) is 1. The number of benzene rings is 2. The number of anilines is 1. The monoisotopic (exact) mass is 390 g/mol. The fourth-order valence-corrected chi connectivity index (χ4v) is 3.47. The summed E-state index contributed by atoms with van der Waals surface area (Å²) in [5.41, 5.74) is 4.64. The third kappa shape index (κ3) is 4.45. The molecule has 0 atom stereocenters. The lowest BCUT2D eigenvalue weighted by molar-refractivity contribution is -0.119. The number of para-hydroxylation sites is 2. The first-order valence-electron chi connectivity index (χ1n) is 9.86. The maximum absolute atomic E-state index is 12.8. The number of carbonyl (C=O) groups is 2. The number of carbonyl (C=O) groups excluding carboxylic acids is 2. The number of rotatable bonds is 6. The minimum absolute atomic E-state index is 0.271. The number of hydrogen-bond acceptors (Lipinski definition) is 4. The van der Waals surface area contributed by atoms with Gasteiger partial charge in [-0.15, -0.1) is 0 Å². The van der Waals surface area contributed by atoms with Crippen LogP contribution in [0.1, 0.15) is 53.9 Å². The number of nitrogens with zero attached hydrogens (tertiary/aromatic N) is 1. The Morgan fingerprint density at radius 3 is 2.48 bits per heavy atom. The summed E-state index contributed by atoms with van der Waals surface area (Å²) in [6.45, 7) is 7.65. The van der Waals surface area contributed by atoms with Gasteiger partial charge in [-0.3, -0.25) is 9.78 Å². The van der Waals surface area contributed by atoms with Gasteiger partial charge in [0.1, 0.15) is 0 Å². The topological polar surface area (TPSA) is 68.3 Å². The number of fused-ring (bicyclic) bond motifs is 1. The fraction of sp³-hybridized carbons (Fsp3) is 0.292. The van der Waals surface area contributed by atoms with Crippen molar-refractivity contribution in [2.45, 2.75) is 40.0 Å². The molecule has 29 heavy (non-hydrogen) atoms. The zero-order valence-electron chi connectivity index (χ0n) is 17.3. The normalized spacial score (nSPS) is 10.9. The molecule has 0 aliphatic heterocycles. The molecule has 3 rings (SSSR count). The number of esters is 1. The van der Waals surface area contributed by atoms with Crippen molar-refractivity contribution in [1.82, 2.24) is 4.98 Å². The van der Waals surface area contributed by atoms with Gasteiger partial charge < -0.3 is 10.1 Å². The summed E-state index contributed by atoms with van der Waals surface area (Å²) in [7, 11) is 0. The van der Waals surface area contributed by atoms with Crippen LogP contribution in [0, 0.1) is 6.92 Å². The molecule has 2 aromatic carbocycles. The first-order valence-corrected chi connectivity index (χ1v) is 9.86. The third-order valence-corrected chi connectivity index (χ3v) is 4.97. The van der Waals surface area contributed by atoms with Crippen LogP contribution in [0.3, 0.4) is 0 Å². The lowest BCUT2D eigenvalue weighted by Crippen LogP contribution is -2.22. The van der Waals surface area contributed by atoms with Crippen molar-refractivity contribution in [3.63, 3.8) is 0 Å². The van der Waals surface area contributed by atoms with Gasteiger partial charge in [0.2, 0.25) is 0 Å². The van der Waals surface area contributed by atoms with Crippen LogP contribution in [-0.4, -0.2) is 23.5 Å². The van der Waals surface area contributed by atoms with E-state index in [1.165, 1.54) is 0 Å². The van der Waals surface area contributed by atoms with Crippen molar-refractivity contribution in [3.8, 4) is 0 Å². The van der Waals surface area contributed by atoms with Gasteiger partial charge >= 0.3 is 5.97 Å². The fourth-order valence-electron chi connectivity index (χ4n) is 3.47. The Labute approximate surface area is 171 Å². The first kappa shape index (κ1) is 20.5. The third-order valence-electron chi connectivity index (χ3n) is 4.97. The van der Waals surface area contributed by atoms with Gasteiger partial charge in [-0.2, -0.15) is 0 Å². The molecule has 3 aromatic rings. The Hall–Kier alpha value is -3.21. The quantitative estimate of drug-likeness (QED) is 0.600. The summed E-state index contributed by atoms with van der Waals surface area (Å²) in [6.07, 6.45) is 0.712. The highest BCUT2D eigenvalue weighted by Crippen LogP contribution is 2.25. The van der Waals surface area contributed by atoms with E-state index in [1.54, 1.807) is 0 Å². The first-order chi connectivity index (χ1) is 13.9. The molecule has 0 unspecified atom stereocenters. The van der Waals surface area contributed by atoms with Crippen molar-refractivity contribution in [2.24, 2.45) is 0 Å². The van der Waals surface area contributed by atoms with Crippen LogP contribution in [0.4, 0.5) is 5.69 Å². The second-order valence-electron chi connectivity index (χ2n) is 7.30. The molecule has 0 saturated heterocycles. The molecule has 1 amide bonds. The van der Waals surface area contributed by atoms with Gasteiger partial charge in [0.05, 0.1) is 11.1 Å². The highest BCUT2D eigenvalue weighted by molar-refractivity contribution is 6.06. The zero-order valence-corrected chi connectivity index (χ0v) is 17.3. The van der Waals surface area contributed by atoms with Crippen molar-refractivity contribution in [2.75, 3.05) is 11.9 Å². The molecule has 0 aliphatic rings. The number of amides is 1. The molecule has 1 N–H and O–H groups in total. The van der Waals surface area contributed by atoms with E-state index in [0.717, 1.165) is 33.4 Å². The standard InChI is InChI=1S/C24H26N2O3/c1-5-19-16(4)23(18-11-7-9-13-21(18)25-19)24(28)29-14-22(27)26-20-12-8-6-10-17(20)15(2)3/h6-13,15H,5,14H2,1-4H3,(H,26,27). The molecule has 1 aromatic heterocycles. The predicted molar refractivity (Wildman–Crippen MR) is 115 cm³/mol. The molecule has 0 saturated carbocycles. The van der Waals surface area contributed by atoms with Crippen LogP contribution in [0.2, 0.25) is 0 Å². The molecule has 5 heteroatoms. The van der Waals surface area contributed by atoms with E-state index in [4.69, 9.17) is 4.74 Å². The van der Waals surface area contributed by atoms with Crippen LogP contribution < -0.4 is 5.32 Å². The van der Waals surface area contributed by atoms with Gasteiger partial charge in [-0.05, 0) is 42.5 Å². The van der Waals surface area contributed by atoms with E-state index in [-0.39, 0.29) is 18.4 Å². The number of ether oxygens (including phenoxy) is 1. The Bertz CT molecular complexity index is 1060. The van der Waals surface area contributed by atoms with Gasteiger partial charge in [0.15, 0.2) is 6.61 Å². The molecular weight excluding hydrogens is 364 g/mol. The average Bonchev–Trinajstić information content (AvgIpc) is 2.71. The summed E-state index contributed by atoms with van der Waals surface area (Å²) in [4.78, 5) is 29.9. The van der Waals surface area contributed by atoms with E-state index in [0.29, 0.717) is 12.0 Å². The van der Waals surface area contributed by atoms with Crippen LogP contribution in [0.25, 0.3) is 10.9 Å². The Kier molecular flexibility index (Phi) is 6.27. The van der Waals surface area contributed by atoms with E-state index in [9.17, 15) is 9.59 Å². The molecule has 0 radical (unpaired) electrons. The molecule has 0 spiro atoms. The summed E-state index contributed by atoms with van der Waals surface area (Å²) < 4.78 is 5.37. The van der Waals surface area contributed by atoms with Gasteiger partial charge in [-0.1, -0.05) is 57.2 Å². The second kappa shape index (κ2) is 8.86. The molecule has 5 nitrogen and oxygen atoms in total. The number of nitrogens with one attached hydrogen (secondary N) is 1. The highest BCUT2D eigenvalue weighted by atomic mass is 16.5. The minimum Gasteiger partial charge on any atom is -0.452 e. The number of aromatic nitrogens is 1. The molecule has 0 aliphatic carbocycles.